The normalized spacial score (nSPS) is 11.2. The van der Waals surface area contributed by atoms with Gasteiger partial charge in [0.25, 0.3) is 5.56 Å². The Morgan fingerprint density at radius 2 is 1.83 bits per heavy atom. The van der Waals surface area contributed by atoms with Crippen molar-refractivity contribution in [3.8, 4) is 0 Å². The molecule has 24 heavy (non-hydrogen) atoms. The molecule has 2 N–H and O–H groups in total. The minimum absolute atomic E-state index is 0.0471. The molecule has 0 aliphatic heterocycles. The van der Waals surface area contributed by atoms with Crippen LogP contribution in [0.3, 0.4) is 0 Å². The van der Waals surface area contributed by atoms with E-state index in [1.807, 2.05) is 36.4 Å². The van der Waals surface area contributed by atoms with Gasteiger partial charge in [-0.1, -0.05) is 36.4 Å². The van der Waals surface area contributed by atoms with Crippen LogP contribution in [-0.2, 0) is 13.1 Å². The van der Waals surface area contributed by atoms with Gasteiger partial charge in [-0.2, -0.15) is 0 Å². The van der Waals surface area contributed by atoms with E-state index < -0.39 is 0 Å². The first-order chi connectivity index (χ1) is 11.8. The van der Waals surface area contributed by atoms with E-state index >= 15 is 0 Å². The first-order valence-corrected chi connectivity index (χ1v) is 8.20. The average Bonchev–Trinajstić information content (AvgIpc) is 2.60. The van der Waals surface area contributed by atoms with E-state index in [0.29, 0.717) is 18.7 Å². The van der Waals surface area contributed by atoms with Gasteiger partial charge in [-0.25, -0.2) is 4.98 Å². The molecule has 3 rings (SSSR count). The molecule has 5 heteroatoms. The molecular weight excluding hydrogens is 300 g/mol. The van der Waals surface area contributed by atoms with E-state index in [9.17, 15) is 4.79 Å². The van der Waals surface area contributed by atoms with Crippen LogP contribution in [0.25, 0.3) is 5.65 Å². The van der Waals surface area contributed by atoms with E-state index in [1.165, 1.54) is 5.56 Å². The molecule has 0 saturated heterocycles. The van der Waals surface area contributed by atoms with Gasteiger partial charge in [-0.15, -0.1) is 0 Å². The van der Waals surface area contributed by atoms with Crippen LogP contribution in [0.4, 0.5) is 0 Å². The summed E-state index contributed by atoms with van der Waals surface area (Å²) >= 11 is 0. The van der Waals surface area contributed by atoms with Gasteiger partial charge in [-0.3, -0.25) is 14.1 Å². The Labute approximate surface area is 141 Å². The summed E-state index contributed by atoms with van der Waals surface area (Å²) in [5.41, 5.74) is 8.33. The Hall–Kier alpha value is -2.50. The first-order valence-electron chi connectivity index (χ1n) is 8.20. The highest BCUT2D eigenvalue weighted by molar-refractivity contribution is 5.38. The van der Waals surface area contributed by atoms with Crippen molar-refractivity contribution in [2.75, 3.05) is 13.1 Å². The summed E-state index contributed by atoms with van der Waals surface area (Å²) in [7, 11) is 0. The summed E-state index contributed by atoms with van der Waals surface area (Å²) in [4.78, 5) is 19.1. The molecule has 0 aliphatic rings. The lowest BCUT2D eigenvalue weighted by Crippen LogP contribution is -2.27. The minimum atomic E-state index is -0.0471. The lowest BCUT2D eigenvalue weighted by molar-refractivity contribution is 0.252. The van der Waals surface area contributed by atoms with Crippen LogP contribution < -0.4 is 11.3 Å². The SMILES string of the molecule is NCCCN(Cc1ccccc1)Cc1cc(=O)n2ccccc2n1. The molecule has 0 amide bonds. The summed E-state index contributed by atoms with van der Waals surface area (Å²) in [6, 6.07) is 17.5. The predicted molar refractivity (Wildman–Crippen MR) is 95.7 cm³/mol. The summed E-state index contributed by atoms with van der Waals surface area (Å²) in [5.74, 6) is 0. The van der Waals surface area contributed by atoms with E-state index in [4.69, 9.17) is 5.73 Å². The first kappa shape index (κ1) is 16.4. The number of hydrogen-bond acceptors (Lipinski definition) is 4. The van der Waals surface area contributed by atoms with Crippen molar-refractivity contribution >= 4 is 5.65 Å². The number of fused-ring (bicyclic) bond motifs is 1. The smallest absolute Gasteiger partial charge is 0.258 e. The molecule has 124 valence electrons. The number of rotatable bonds is 7. The van der Waals surface area contributed by atoms with E-state index in [0.717, 1.165) is 25.2 Å². The van der Waals surface area contributed by atoms with Gasteiger partial charge < -0.3 is 5.73 Å². The van der Waals surface area contributed by atoms with Crippen LogP contribution in [0.15, 0.2) is 65.6 Å². The number of hydrogen-bond donors (Lipinski definition) is 1. The van der Waals surface area contributed by atoms with E-state index in [1.54, 1.807) is 16.7 Å². The Morgan fingerprint density at radius 3 is 2.62 bits per heavy atom. The Kier molecular flexibility index (Phi) is 5.36. The number of aromatic nitrogens is 2. The molecule has 0 aliphatic carbocycles. The molecule has 0 unspecified atom stereocenters. The van der Waals surface area contributed by atoms with Gasteiger partial charge in [0, 0.05) is 31.9 Å². The molecule has 0 atom stereocenters. The monoisotopic (exact) mass is 322 g/mol. The Balaban J connectivity index is 1.82. The molecule has 0 fully saturated rings. The highest BCUT2D eigenvalue weighted by Crippen LogP contribution is 2.09. The van der Waals surface area contributed by atoms with Gasteiger partial charge in [0.1, 0.15) is 5.65 Å². The lowest BCUT2D eigenvalue weighted by Gasteiger charge is -2.22. The summed E-state index contributed by atoms with van der Waals surface area (Å²) in [5, 5.41) is 0. The minimum Gasteiger partial charge on any atom is -0.330 e. The van der Waals surface area contributed by atoms with Gasteiger partial charge in [0.2, 0.25) is 0 Å². The van der Waals surface area contributed by atoms with Crippen molar-refractivity contribution < 1.29 is 0 Å². The zero-order chi connectivity index (χ0) is 16.8. The molecule has 2 aromatic heterocycles. The van der Waals surface area contributed by atoms with Crippen molar-refractivity contribution in [3.05, 3.63) is 82.4 Å². The maximum atomic E-state index is 12.2. The third-order valence-electron chi connectivity index (χ3n) is 3.94. The number of benzene rings is 1. The third-order valence-corrected chi connectivity index (χ3v) is 3.94. The van der Waals surface area contributed by atoms with Crippen LogP contribution in [-0.4, -0.2) is 27.4 Å². The second-order valence-corrected chi connectivity index (χ2v) is 5.85. The number of pyridine rings is 1. The fourth-order valence-corrected chi connectivity index (χ4v) is 2.78. The molecule has 3 aromatic rings. The summed E-state index contributed by atoms with van der Waals surface area (Å²) in [6.45, 7) is 2.98. The van der Waals surface area contributed by atoms with E-state index in [2.05, 4.69) is 22.0 Å². The highest BCUT2D eigenvalue weighted by Gasteiger charge is 2.09. The molecule has 0 saturated carbocycles. The van der Waals surface area contributed by atoms with Crippen LogP contribution in [0.2, 0.25) is 0 Å². The van der Waals surface area contributed by atoms with Gasteiger partial charge in [-0.05, 0) is 30.7 Å². The topological polar surface area (TPSA) is 63.6 Å². The molecule has 0 spiro atoms. The van der Waals surface area contributed by atoms with Crippen molar-refractivity contribution in [2.45, 2.75) is 19.5 Å². The second kappa shape index (κ2) is 7.86. The van der Waals surface area contributed by atoms with Gasteiger partial charge in [0.15, 0.2) is 0 Å². The Morgan fingerprint density at radius 1 is 1.04 bits per heavy atom. The lowest BCUT2D eigenvalue weighted by atomic mass is 10.2. The maximum absolute atomic E-state index is 12.2. The Bertz CT molecular complexity index is 845. The van der Waals surface area contributed by atoms with Crippen LogP contribution in [0, 0.1) is 0 Å². The van der Waals surface area contributed by atoms with Gasteiger partial charge >= 0.3 is 0 Å². The molecule has 2 heterocycles. The third kappa shape index (κ3) is 4.07. The molecule has 5 nitrogen and oxygen atoms in total. The van der Waals surface area contributed by atoms with E-state index in [-0.39, 0.29) is 5.56 Å². The zero-order valence-electron chi connectivity index (χ0n) is 13.6. The van der Waals surface area contributed by atoms with Crippen LogP contribution in [0.1, 0.15) is 17.7 Å². The second-order valence-electron chi connectivity index (χ2n) is 5.85. The summed E-state index contributed by atoms with van der Waals surface area (Å²) < 4.78 is 1.56. The largest absolute Gasteiger partial charge is 0.330 e. The maximum Gasteiger partial charge on any atom is 0.258 e. The van der Waals surface area contributed by atoms with Crippen molar-refractivity contribution in [2.24, 2.45) is 5.73 Å². The highest BCUT2D eigenvalue weighted by atomic mass is 16.1. The van der Waals surface area contributed by atoms with Crippen molar-refractivity contribution in [3.63, 3.8) is 0 Å². The van der Waals surface area contributed by atoms with Crippen LogP contribution in [0.5, 0.6) is 0 Å². The standard InChI is InChI=1S/C19H22N4O/c20-10-6-11-22(14-16-7-2-1-3-8-16)15-17-13-19(24)23-12-5-4-9-18(23)21-17/h1-5,7-9,12-13H,6,10-11,14-15,20H2. The fraction of sp³-hybridized carbons (Fsp3) is 0.263. The average molecular weight is 322 g/mol. The quantitative estimate of drug-likeness (QED) is 0.723. The molecular formula is C19H22N4O. The number of nitrogens with two attached hydrogens (primary N) is 1. The van der Waals surface area contributed by atoms with Crippen molar-refractivity contribution in [1.29, 1.82) is 0 Å². The van der Waals surface area contributed by atoms with Gasteiger partial charge in [0.05, 0.1) is 5.69 Å². The predicted octanol–water partition coefficient (Wildman–Crippen LogP) is 2.05. The molecule has 0 bridgehead atoms. The molecule has 0 radical (unpaired) electrons. The summed E-state index contributed by atoms with van der Waals surface area (Å²) in [6.07, 6.45) is 2.66. The zero-order valence-corrected chi connectivity index (χ0v) is 13.6. The van der Waals surface area contributed by atoms with Crippen molar-refractivity contribution in [1.82, 2.24) is 14.3 Å². The number of nitrogens with zero attached hydrogens (tertiary/aromatic N) is 3. The molecule has 1 aromatic carbocycles. The van der Waals surface area contributed by atoms with Crippen LogP contribution >= 0.6 is 0 Å². The fourth-order valence-electron chi connectivity index (χ4n) is 2.78.